The second-order valence-corrected chi connectivity index (χ2v) is 5.88. The third kappa shape index (κ3) is 5.29. The lowest BCUT2D eigenvalue weighted by atomic mass is 10.2. The number of benzene rings is 1. The van der Waals surface area contributed by atoms with E-state index in [-0.39, 0.29) is 12.0 Å². The van der Waals surface area contributed by atoms with Gasteiger partial charge in [0, 0.05) is 11.7 Å². The van der Waals surface area contributed by atoms with Gasteiger partial charge in [0.25, 0.3) is 5.91 Å². The van der Waals surface area contributed by atoms with Crippen LogP contribution < -0.4 is 15.4 Å². The SMILES string of the molecule is CC(C)Nc1ccc(C(=O)Nc2ccc(OC(C)C)cc2)nc1. The number of rotatable bonds is 6. The summed E-state index contributed by atoms with van der Waals surface area (Å²) in [5.74, 6) is 0.541. The number of pyridine rings is 1. The van der Waals surface area contributed by atoms with Crippen LogP contribution in [0.5, 0.6) is 5.75 Å². The van der Waals surface area contributed by atoms with Gasteiger partial charge in [-0.05, 0) is 64.1 Å². The Morgan fingerprint density at radius 1 is 1.00 bits per heavy atom. The summed E-state index contributed by atoms with van der Waals surface area (Å²) in [5, 5.41) is 6.06. The first-order chi connectivity index (χ1) is 10.9. The normalized spacial score (nSPS) is 10.7. The first-order valence-electron chi connectivity index (χ1n) is 7.74. The van der Waals surface area contributed by atoms with Crippen LogP contribution in [-0.4, -0.2) is 23.0 Å². The molecule has 2 rings (SSSR count). The summed E-state index contributed by atoms with van der Waals surface area (Å²) in [4.78, 5) is 16.4. The van der Waals surface area contributed by atoms with Gasteiger partial charge < -0.3 is 15.4 Å². The second kappa shape index (κ2) is 7.63. The van der Waals surface area contributed by atoms with Gasteiger partial charge in [0.2, 0.25) is 0 Å². The van der Waals surface area contributed by atoms with Crippen molar-refractivity contribution in [2.75, 3.05) is 10.6 Å². The molecule has 0 spiro atoms. The zero-order valence-electron chi connectivity index (χ0n) is 14.0. The van der Waals surface area contributed by atoms with Crippen molar-refractivity contribution in [3.63, 3.8) is 0 Å². The van der Waals surface area contributed by atoms with Crippen molar-refractivity contribution >= 4 is 17.3 Å². The summed E-state index contributed by atoms with van der Waals surface area (Å²) in [6, 6.07) is 11.2. The number of anilines is 2. The van der Waals surface area contributed by atoms with Gasteiger partial charge in [-0.2, -0.15) is 0 Å². The Morgan fingerprint density at radius 2 is 1.65 bits per heavy atom. The number of hydrogen-bond donors (Lipinski definition) is 2. The summed E-state index contributed by atoms with van der Waals surface area (Å²) in [7, 11) is 0. The molecule has 122 valence electrons. The molecule has 5 nitrogen and oxygen atoms in total. The fourth-order valence-electron chi connectivity index (χ4n) is 2.03. The fourth-order valence-corrected chi connectivity index (χ4v) is 2.03. The fraction of sp³-hybridized carbons (Fsp3) is 0.333. The predicted octanol–water partition coefficient (Wildman–Crippen LogP) is 3.94. The smallest absolute Gasteiger partial charge is 0.274 e. The van der Waals surface area contributed by atoms with E-state index in [1.807, 2.05) is 58.0 Å². The Kier molecular flexibility index (Phi) is 5.57. The van der Waals surface area contributed by atoms with Crippen LogP contribution in [0.15, 0.2) is 42.6 Å². The Morgan fingerprint density at radius 3 is 2.17 bits per heavy atom. The quantitative estimate of drug-likeness (QED) is 0.848. The van der Waals surface area contributed by atoms with Crippen molar-refractivity contribution in [3.05, 3.63) is 48.3 Å². The van der Waals surface area contributed by atoms with Crippen LogP contribution in [0.1, 0.15) is 38.2 Å². The van der Waals surface area contributed by atoms with E-state index in [9.17, 15) is 4.79 Å². The summed E-state index contributed by atoms with van der Waals surface area (Å²) in [6.07, 6.45) is 1.78. The minimum Gasteiger partial charge on any atom is -0.491 e. The molecule has 0 bridgehead atoms. The van der Waals surface area contributed by atoms with Gasteiger partial charge in [-0.1, -0.05) is 0 Å². The first kappa shape index (κ1) is 16.8. The molecule has 0 radical (unpaired) electrons. The molecular formula is C18H23N3O2. The van der Waals surface area contributed by atoms with Crippen molar-refractivity contribution in [3.8, 4) is 5.75 Å². The summed E-state index contributed by atoms with van der Waals surface area (Å²) < 4.78 is 5.57. The van der Waals surface area contributed by atoms with Gasteiger partial charge in [-0.15, -0.1) is 0 Å². The van der Waals surface area contributed by atoms with E-state index in [1.165, 1.54) is 0 Å². The van der Waals surface area contributed by atoms with E-state index >= 15 is 0 Å². The molecule has 0 saturated carbocycles. The van der Waals surface area contributed by atoms with E-state index in [0.717, 1.165) is 11.4 Å². The van der Waals surface area contributed by atoms with Gasteiger partial charge in [0.15, 0.2) is 0 Å². The van der Waals surface area contributed by atoms with Crippen LogP contribution >= 0.6 is 0 Å². The Labute approximate surface area is 137 Å². The van der Waals surface area contributed by atoms with Gasteiger partial charge in [-0.25, -0.2) is 4.98 Å². The summed E-state index contributed by atoms with van der Waals surface area (Å²) in [6.45, 7) is 8.04. The van der Waals surface area contributed by atoms with E-state index in [2.05, 4.69) is 15.6 Å². The Balaban J connectivity index is 1.98. The first-order valence-corrected chi connectivity index (χ1v) is 7.74. The van der Waals surface area contributed by atoms with Crippen molar-refractivity contribution in [1.82, 2.24) is 4.98 Å². The van der Waals surface area contributed by atoms with E-state index in [4.69, 9.17) is 4.74 Å². The minimum absolute atomic E-state index is 0.123. The maximum absolute atomic E-state index is 12.2. The average molecular weight is 313 g/mol. The molecule has 0 aliphatic rings. The lowest BCUT2D eigenvalue weighted by molar-refractivity contribution is 0.102. The van der Waals surface area contributed by atoms with E-state index in [1.54, 1.807) is 12.3 Å². The number of hydrogen-bond acceptors (Lipinski definition) is 4. The van der Waals surface area contributed by atoms with Gasteiger partial charge in [-0.3, -0.25) is 4.79 Å². The molecule has 23 heavy (non-hydrogen) atoms. The third-order valence-corrected chi connectivity index (χ3v) is 2.94. The molecule has 0 aliphatic carbocycles. The Bertz CT molecular complexity index is 634. The molecule has 5 heteroatoms. The van der Waals surface area contributed by atoms with Crippen LogP contribution in [0.4, 0.5) is 11.4 Å². The largest absolute Gasteiger partial charge is 0.491 e. The highest BCUT2D eigenvalue weighted by molar-refractivity contribution is 6.02. The molecule has 1 aromatic carbocycles. The number of nitrogens with zero attached hydrogens (tertiary/aromatic N) is 1. The van der Waals surface area contributed by atoms with Crippen molar-refractivity contribution < 1.29 is 9.53 Å². The monoisotopic (exact) mass is 313 g/mol. The topological polar surface area (TPSA) is 63.2 Å². The lowest BCUT2D eigenvalue weighted by Gasteiger charge is -2.11. The van der Waals surface area contributed by atoms with Gasteiger partial charge in [0.05, 0.1) is 18.0 Å². The maximum Gasteiger partial charge on any atom is 0.274 e. The van der Waals surface area contributed by atoms with Gasteiger partial charge in [0.1, 0.15) is 11.4 Å². The van der Waals surface area contributed by atoms with Crippen molar-refractivity contribution in [2.24, 2.45) is 0 Å². The molecule has 2 N–H and O–H groups in total. The molecule has 1 amide bonds. The molecular weight excluding hydrogens is 290 g/mol. The summed E-state index contributed by atoms with van der Waals surface area (Å²) >= 11 is 0. The second-order valence-electron chi connectivity index (χ2n) is 5.88. The van der Waals surface area contributed by atoms with Crippen LogP contribution in [0.2, 0.25) is 0 Å². The van der Waals surface area contributed by atoms with Crippen LogP contribution in [0, 0.1) is 0 Å². The standard InChI is InChI=1S/C18H23N3O2/c1-12(2)20-15-7-10-17(19-11-15)18(22)21-14-5-8-16(9-6-14)23-13(3)4/h5-13,20H,1-4H3,(H,21,22). The molecule has 0 saturated heterocycles. The third-order valence-electron chi connectivity index (χ3n) is 2.94. The van der Waals surface area contributed by atoms with E-state index < -0.39 is 0 Å². The molecule has 0 atom stereocenters. The molecule has 0 fully saturated rings. The number of carbonyl (C=O) groups excluding carboxylic acids is 1. The highest BCUT2D eigenvalue weighted by Crippen LogP contribution is 2.17. The van der Waals surface area contributed by atoms with Gasteiger partial charge >= 0.3 is 0 Å². The number of ether oxygens (including phenoxy) is 1. The highest BCUT2D eigenvalue weighted by atomic mass is 16.5. The maximum atomic E-state index is 12.2. The zero-order chi connectivity index (χ0) is 16.8. The van der Waals surface area contributed by atoms with Crippen molar-refractivity contribution in [2.45, 2.75) is 39.8 Å². The molecule has 1 heterocycles. The van der Waals surface area contributed by atoms with Crippen molar-refractivity contribution in [1.29, 1.82) is 0 Å². The lowest BCUT2D eigenvalue weighted by Crippen LogP contribution is -2.15. The number of nitrogens with one attached hydrogen (secondary N) is 2. The Hall–Kier alpha value is -2.56. The molecule has 1 aromatic heterocycles. The minimum atomic E-state index is -0.237. The predicted molar refractivity (Wildman–Crippen MR) is 93.2 cm³/mol. The number of amides is 1. The van der Waals surface area contributed by atoms with Crippen LogP contribution in [-0.2, 0) is 0 Å². The zero-order valence-corrected chi connectivity index (χ0v) is 14.0. The van der Waals surface area contributed by atoms with Crippen LogP contribution in [0.3, 0.4) is 0 Å². The highest BCUT2D eigenvalue weighted by Gasteiger charge is 2.08. The molecule has 0 aliphatic heterocycles. The van der Waals surface area contributed by atoms with E-state index in [0.29, 0.717) is 17.4 Å². The summed E-state index contributed by atoms with van der Waals surface area (Å²) in [5.41, 5.74) is 1.98. The number of carbonyl (C=O) groups is 1. The number of aromatic nitrogens is 1. The van der Waals surface area contributed by atoms with Crippen LogP contribution in [0.25, 0.3) is 0 Å². The molecule has 0 unspecified atom stereocenters. The molecule has 2 aromatic rings. The average Bonchev–Trinajstić information content (AvgIpc) is 2.49.